The van der Waals surface area contributed by atoms with Crippen LogP contribution in [0.3, 0.4) is 0 Å². The van der Waals surface area contributed by atoms with E-state index in [1.165, 1.54) is 12.1 Å². The maximum absolute atomic E-state index is 12.4. The molecule has 0 fully saturated rings. The van der Waals surface area contributed by atoms with Crippen molar-refractivity contribution in [3.8, 4) is 5.75 Å². The molecule has 1 aromatic carbocycles. The van der Waals surface area contributed by atoms with Gasteiger partial charge in [0.05, 0.1) is 6.54 Å². The number of nitrogens with one attached hydrogen (secondary N) is 1. The summed E-state index contributed by atoms with van der Waals surface area (Å²) < 4.78 is 42.4. The van der Waals surface area contributed by atoms with Gasteiger partial charge >= 0.3 is 12.3 Å². The Morgan fingerprint density at radius 3 is 2.35 bits per heavy atom. The molecule has 0 saturated carbocycles. The smallest absolute Gasteiger partial charge is 0.437 e. The molecule has 0 aliphatic heterocycles. The number of hydrogen-bond donors (Lipinski definition) is 3. The van der Waals surface area contributed by atoms with Crippen molar-refractivity contribution in [2.24, 2.45) is 5.16 Å². The number of alkyl halides is 3. The van der Waals surface area contributed by atoms with Crippen molar-refractivity contribution < 1.29 is 33.0 Å². The Hall–Kier alpha value is -2.45. The van der Waals surface area contributed by atoms with Crippen molar-refractivity contribution in [2.75, 3.05) is 13.2 Å². The van der Waals surface area contributed by atoms with Crippen LogP contribution in [0.2, 0.25) is 0 Å². The number of hydrogen-bond acceptors (Lipinski definition) is 4. The molecule has 0 spiro atoms. The topological polar surface area (TPSA) is 91.2 Å². The summed E-state index contributed by atoms with van der Waals surface area (Å²) in [6.07, 6.45) is -5.96. The second kappa shape index (κ2) is 6.64. The van der Waals surface area contributed by atoms with Gasteiger partial charge in [0.1, 0.15) is 12.4 Å². The molecule has 3 N–H and O–H groups in total. The highest BCUT2D eigenvalue weighted by molar-refractivity contribution is 6.04. The summed E-state index contributed by atoms with van der Waals surface area (Å²) in [6.45, 7) is 0.0782. The fourth-order valence-corrected chi connectivity index (χ4v) is 1.31. The number of amides is 1. The number of benzene rings is 1. The lowest BCUT2D eigenvalue weighted by atomic mass is 10.1. The Morgan fingerprint density at radius 1 is 1.30 bits per heavy atom. The molecule has 20 heavy (non-hydrogen) atoms. The van der Waals surface area contributed by atoms with Crippen molar-refractivity contribution in [2.45, 2.75) is 6.18 Å². The molecular weight excluding hydrogens is 281 g/mol. The van der Waals surface area contributed by atoms with Gasteiger partial charge in [-0.1, -0.05) is 5.16 Å². The third-order valence-corrected chi connectivity index (χ3v) is 2.14. The van der Waals surface area contributed by atoms with Gasteiger partial charge in [-0.25, -0.2) is 4.79 Å². The van der Waals surface area contributed by atoms with Gasteiger partial charge in [0.25, 0.3) is 0 Å². The molecular formula is C11H11F3N2O4. The number of ether oxygens (including phenoxy) is 1. The number of nitrogens with zero attached hydrogens (tertiary/aromatic N) is 1. The molecule has 0 aromatic heterocycles. The number of oxime groups is 1. The molecule has 6 nitrogen and oxygen atoms in total. The van der Waals surface area contributed by atoms with Crippen LogP contribution < -0.4 is 10.1 Å². The highest BCUT2D eigenvalue weighted by Crippen LogP contribution is 2.23. The average Bonchev–Trinajstić information content (AvgIpc) is 2.35. The minimum atomic E-state index is -4.76. The predicted octanol–water partition coefficient (Wildman–Crippen LogP) is 2.07. The minimum Gasteiger partial charge on any atom is -0.492 e. The SMILES string of the molecule is O=C(O)NCCOc1ccc(C(=NO)C(F)(F)F)cc1. The number of carboxylic acid groups (broad SMARTS) is 1. The van der Waals surface area contributed by atoms with E-state index in [1.807, 2.05) is 0 Å². The molecule has 0 atom stereocenters. The van der Waals surface area contributed by atoms with Gasteiger partial charge in [0.15, 0.2) is 5.71 Å². The molecule has 0 aliphatic rings. The first-order valence-corrected chi connectivity index (χ1v) is 5.34. The van der Waals surface area contributed by atoms with Crippen LogP contribution in [0, 0.1) is 0 Å². The largest absolute Gasteiger partial charge is 0.492 e. The normalized spacial score (nSPS) is 12.1. The number of rotatable bonds is 5. The van der Waals surface area contributed by atoms with Crippen molar-refractivity contribution in [3.63, 3.8) is 0 Å². The van der Waals surface area contributed by atoms with E-state index < -0.39 is 18.0 Å². The second-order valence-corrected chi connectivity index (χ2v) is 3.55. The van der Waals surface area contributed by atoms with Crippen molar-refractivity contribution in [1.29, 1.82) is 0 Å². The van der Waals surface area contributed by atoms with Crippen molar-refractivity contribution in [3.05, 3.63) is 29.8 Å². The van der Waals surface area contributed by atoms with Crippen LogP contribution in [0.1, 0.15) is 5.56 Å². The van der Waals surface area contributed by atoms with E-state index in [4.69, 9.17) is 15.1 Å². The zero-order chi connectivity index (χ0) is 15.2. The Kier molecular flexibility index (Phi) is 5.18. The van der Waals surface area contributed by atoms with E-state index in [2.05, 4.69) is 10.5 Å². The molecule has 1 rings (SSSR count). The van der Waals surface area contributed by atoms with Crippen LogP contribution >= 0.6 is 0 Å². The molecule has 0 bridgehead atoms. The lowest BCUT2D eigenvalue weighted by molar-refractivity contribution is -0.0601. The quantitative estimate of drug-likeness (QED) is 0.335. The summed E-state index contributed by atoms with van der Waals surface area (Å²) in [6, 6.07) is 4.69. The summed E-state index contributed by atoms with van der Waals surface area (Å²) in [7, 11) is 0. The summed E-state index contributed by atoms with van der Waals surface area (Å²) in [4.78, 5) is 10.1. The van der Waals surface area contributed by atoms with Gasteiger partial charge in [-0.2, -0.15) is 13.2 Å². The first-order valence-electron chi connectivity index (χ1n) is 5.34. The molecule has 1 amide bonds. The van der Waals surface area contributed by atoms with Crippen LogP contribution in [0.5, 0.6) is 5.75 Å². The van der Waals surface area contributed by atoms with Crippen LogP contribution in [-0.2, 0) is 0 Å². The van der Waals surface area contributed by atoms with Gasteiger partial charge in [0.2, 0.25) is 0 Å². The number of carbonyl (C=O) groups is 1. The Labute approximate surface area is 111 Å². The molecule has 0 aliphatic carbocycles. The van der Waals surface area contributed by atoms with E-state index in [1.54, 1.807) is 0 Å². The van der Waals surface area contributed by atoms with E-state index in [9.17, 15) is 18.0 Å². The van der Waals surface area contributed by atoms with Gasteiger partial charge in [-0.05, 0) is 24.3 Å². The lowest BCUT2D eigenvalue weighted by Crippen LogP contribution is -2.26. The molecule has 110 valence electrons. The predicted molar refractivity (Wildman–Crippen MR) is 62.3 cm³/mol. The van der Waals surface area contributed by atoms with Crippen molar-refractivity contribution >= 4 is 11.8 Å². The minimum absolute atomic E-state index is 0.0336. The van der Waals surface area contributed by atoms with Crippen LogP contribution in [0.4, 0.5) is 18.0 Å². The van der Waals surface area contributed by atoms with Gasteiger partial charge < -0.3 is 20.4 Å². The summed E-state index contributed by atoms with van der Waals surface area (Å²) in [5, 5.41) is 21.0. The summed E-state index contributed by atoms with van der Waals surface area (Å²) in [5.74, 6) is 0.264. The standard InChI is InChI=1S/C11H11F3N2O4/c12-11(13,14)9(16-19)7-1-3-8(4-2-7)20-6-5-15-10(17)18/h1-4,15,19H,5-6H2,(H,17,18). The monoisotopic (exact) mass is 292 g/mol. The highest BCUT2D eigenvalue weighted by atomic mass is 19.4. The van der Waals surface area contributed by atoms with Crippen LogP contribution in [0.25, 0.3) is 0 Å². The molecule has 0 unspecified atom stereocenters. The van der Waals surface area contributed by atoms with Crippen LogP contribution in [-0.4, -0.2) is 41.4 Å². The Morgan fingerprint density at radius 2 is 1.90 bits per heavy atom. The zero-order valence-electron chi connectivity index (χ0n) is 10.0. The molecule has 9 heteroatoms. The maximum atomic E-state index is 12.4. The summed E-state index contributed by atoms with van der Waals surface area (Å²) in [5.41, 5.74) is -1.72. The third kappa shape index (κ3) is 4.67. The Balaban J connectivity index is 2.63. The van der Waals surface area contributed by atoms with E-state index in [0.717, 1.165) is 12.1 Å². The van der Waals surface area contributed by atoms with E-state index in [-0.39, 0.29) is 24.5 Å². The van der Waals surface area contributed by atoms with Crippen molar-refractivity contribution in [1.82, 2.24) is 5.32 Å². The molecule has 0 saturated heterocycles. The second-order valence-electron chi connectivity index (χ2n) is 3.55. The van der Waals surface area contributed by atoms with Gasteiger partial charge in [-0.15, -0.1) is 0 Å². The Bertz CT molecular complexity index is 485. The molecule has 0 radical (unpaired) electrons. The average molecular weight is 292 g/mol. The highest BCUT2D eigenvalue weighted by Gasteiger charge is 2.37. The van der Waals surface area contributed by atoms with Gasteiger partial charge in [-0.3, -0.25) is 0 Å². The number of halogens is 3. The summed E-state index contributed by atoms with van der Waals surface area (Å²) >= 11 is 0. The zero-order valence-corrected chi connectivity index (χ0v) is 10.0. The first-order chi connectivity index (χ1) is 9.34. The van der Waals surface area contributed by atoms with E-state index >= 15 is 0 Å². The fraction of sp³-hybridized carbons (Fsp3) is 0.273. The third-order valence-electron chi connectivity index (χ3n) is 2.14. The first kappa shape index (κ1) is 15.6. The van der Waals surface area contributed by atoms with E-state index in [0.29, 0.717) is 0 Å². The maximum Gasteiger partial charge on any atom is 0.437 e. The van der Waals surface area contributed by atoms with Crippen LogP contribution in [0.15, 0.2) is 29.4 Å². The van der Waals surface area contributed by atoms with Gasteiger partial charge in [0, 0.05) is 5.56 Å². The molecule has 1 aromatic rings. The fourth-order valence-electron chi connectivity index (χ4n) is 1.31. The molecule has 0 heterocycles. The lowest BCUT2D eigenvalue weighted by Gasteiger charge is -2.10.